The van der Waals surface area contributed by atoms with Crippen molar-refractivity contribution in [2.45, 2.75) is 33.7 Å². The summed E-state index contributed by atoms with van der Waals surface area (Å²) in [4.78, 5) is 0. The van der Waals surface area contributed by atoms with Gasteiger partial charge in [0.15, 0.2) is 0 Å². The van der Waals surface area contributed by atoms with Gasteiger partial charge >= 0.3 is 0 Å². The van der Waals surface area contributed by atoms with Crippen molar-refractivity contribution in [2.24, 2.45) is 5.92 Å². The van der Waals surface area contributed by atoms with Crippen molar-refractivity contribution >= 4 is 15.9 Å². The second-order valence-corrected chi connectivity index (χ2v) is 5.69. The normalized spacial score (nSPS) is 10.9. The topological polar surface area (TPSA) is 21.3 Å². The molecule has 0 amide bonds. The van der Waals surface area contributed by atoms with Gasteiger partial charge in [0.2, 0.25) is 0 Å². The molecule has 17 heavy (non-hydrogen) atoms. The Bertz CT molecular complexity index is 363. The summed E-state index contributed by atoms with van der Waals surface area (Å²) >= 11 is 3.53. The van der Waals surface area contributed by atoms with Crippen LogP contribution in [0.4, 0.5) is 0 Å². The third-order valence-corrected chi connectivity index (χ3v) is 3.08. The number of halogens is 1. The lowest BCUT2D eigenvalue weighted by Gasteiger charge is -2.15. The number of rotatable bonds is 6. The molecule has 0 aliphatic carbocycles. The SMILES string of the molecule is CNCc1cc(Br)cc(C)c1OCCC(C)C. The van der Waals surface area contributed by atoms with Gasteiger partial charge in [-0.2, -0.15) is 0 Å². The minimum atomic E-state index is 0.679. The molecule has 1 N–H and O–H groups in total. The predicted octanol–water partition coefficient (Wildman–Crippen LogP) is 3.90. The molecule has 1 rings (SSSR count). The summed E-state index contributed by atoms with van der Waals surface area (Å²) in [5.41, 5.74) is 2.40. The van der Waals surface area contributed by atoms with Gasteiger partial charge in [0.05, 0.1) is 6.61 Å². The average Bonchev–Trinajstić information content (AvgIpc) is 2.21. The van der Waals surface area contributed by atoms with Crippen molar-refractivity contribution in [2.75, 3.05) is 13.7 Å². The zero-order valence-electron chi connectivity index (χ0n) is 11.1. The first kappa shape index (κ1) is 14.5. The number of nitrogens with one attached hydrogen (secondary N) is 1. The lowest BCUT2D eigenvalue weighted by atomic mass is 10.1. The third kappa shape index (κ3) is 4.68. The summed E-state index contributed by atoms with van der Waals surface area (Å²) in [5.74, 6) is 1.71. The molecule has 96 valence electrons. The fourth-order valence-electron chi connectivity index (χ4n) is 1.72. The second-order valence-electron chi connectivity index (χ2n) is 4.77. The highest BCUT2D eigenvalue weighted by Gasteiger charge is 2.08. The summed E-state index contributed by atoms with van der Waals surface area (Å²) in [6, 6.07) is 4.22. The highest BCUT2D eigenvalue weighted by molar-refractivity contribution is 9.10. The molecule has 0 fully saturated rings. The van der Waals surface area contributed by atoms with Crippen molar-refractivity contribution in [3.63, 3.8) is 0 Å². The van der Waals surface area contributed by atoms with Crippen LogP contribution < -0.4 is 10.1 Å². The third-order valence-electron chi connectivity index (χ3n) is 2.63. The minimum absolute atomic E-state index is 0.679. The van der Waals surface area contributed by atoms with E-state index in [1.807, 2.05) is 7.05 Å². The molecule has 3 heteroatoms. The summed E-state index contributed by atoms with van der Waals surface area (Å²) in [6.07, 6.45) is 1.09. The Morgan fingerprint density at radius 2 is 2.06 bits per heavy atom. The van der Waals surface area contributed by atoms with Gasteiger partial charge in [-0.15, -0.1) is 0 Å². The summed E-state index contributed by atoms with van der Waals surface area (Å²) < 4.78 is 7.03. The molecule has 0 saturated heterocycles. The Morgan fingerprint density at radius 3 is 2.65 bits per heavy atom. The number of benzene rings is 1. The van der Waals surface area contributed by atoms with Crippen molar-refractivity contribution in [1.29, 1.82) is 0 Å². The quantitative estimate of drug-likeness (QED) is 0.860. The van der Waals surface area contributed by atoms with Crippen LogP contribution >= 0.6 is 15.9 Å². The molecule has 1 aromatic carbocycles. The van der Waals surface area contributed by atoms with Crippen LogP contribution in [0.1, 0.15) is 31.4 Å². The van der Waals surface area contributed by atoms with E-state index in [1.165, 1.54) is 11.1 Å². The fraction of sp³-hybridized carbons (Fsp3) is 0.571. The van der Waals surface area contributed by atoms with E-state index in [4.69, 9.17) is 4.74 Å². The fourth-order valence-corrected chi connectivity index (χ4v) is 2.34. The van der Waals surface area contributed by atoms with E-state index in [9.17, 15) is 0 Å². The van der Waals surface area contributed by atoms with Gasteiger partial charge < -0.3 is 10.1 Å². The molecule has 0 unspecified atom stereocenters. The van der Waals surface area contributed by atoms with Crippen LogP contribution in [0.3, 0.4) is 0 Å². The van der Waals surface area contributed by atoms with Gasteiger partial charge in [0, 0.05) is 16.6 Å². The van der Waals surface area contributed by atoms with Crippen LogP contribution in [0.5, 0.6) is 5.75 Å². The molecule has 0 spiro atoms. The van der Waals surface area contributed by atoms with Crippen LogP contribution in [-0.2, 0) is 6.54 Å². The van der Waals surface area contributed by atoms with E-state index >= 15 is 0 Å². The maximum absolute atomic E-state index is 5.93. The van der Waals surface area contributed by atoms with Gasteiger partial charge in [-0.25, -0.2) is 0 Å². The largest absolute Gasteiger partial charge is 0.493 e. The van der Waals surface area contributed by atoms with Crippen LogP contribution in [0, 0.1) is 12.8 Å². The molecular formula is C14H22BrNO. The van der Waals surface area contributed by atoms with Crippen LogP contribution in [-0.4, -0.2) is 13.7 Å². The lowest BCUT2D eigenvalue weighted by molar-refractivity contribution is 0.284. The molecule has 0 aliphatic rings. The summed E-state index contributed by atoms with van der Waals surface area (Å²) in [7, 11) is 1.95. The number of ether oxygens (including phenoxy) is 1. The van der Waals surface area contributed by atoms with Crippen LogP contribution in [0.2, 0.25) is 0 Å². The number of hydrogen-bond donors (Lipinski definition) is 1. The smallest absolute Gasteiger partial charge is 0.126 e. The standard InChI is InChI=1S/C14H22BrNO/c1-10(2)5-6-17-14-11(3)7-13(15)8-12(14)9-16-4/h7-8,10,16H,5-6,9H2,1-4H3. The van der Waals surface area contributed by atoms with E-state index in [0.717, 1.165) is 29.8 Å². The summed E-state index contributed by atoms with van der Waals surface area (Å²) in [5, 5.41) is 3.18. The molecule has 0 heterocycles. The van der Waals surface area contributed by atoms with Gasteiger partial charge in [0.1, 0.15) is 5.75 Å². The minimum Gasteiger partial charge on any atom is -0.493 e. The van der Waals surface area contributed by atoms with Gasteiger partial charge in [0.25, 0.3) is 0 Å². The molecule has 0 atom stereocenters. The zero-order valence-corrected chi connectivity index (χ0v) is 12.7. The van der Waals surface area contributed by atoms with E-state index in [-0.39, 0.29) is 0 Å². The van der Waals surface area contributed by atoms with Crippen LogP contribution in [0.25, 0.3) is 0 Å². The molecule has 0 aromatic heterocycles. The predicted molar refractivity (Wildman–Crippen MR) is 76.6 cm³/mol. The second kappa shape index (κ2) is 7.02. The molecule has 2 nitrogen and oxygen atoms in total. The first-order valence-corrected chi connectivity index (χ1v) is 6.90. The highest BCUT2D eigenvalue weighted by atomic mass is 79.9. The van der Waals surface area contributed by atoms with Gasteiger partial charge in [-0.3, -0.25) is 0 Å². The Balaban J connectivity index is 2.80. The van der Waals surface area contributed by atoms with Gasteiger partial charge in [-0.05, 0) is 44.0 Å². The molecule has 0 bridgehead atoms. The molecule has 1 aromatic rings. The number of hydrogen-bond acceptors (Lipinski definition) is 2. The monoisotopic (exact) mass is 299 g/mol. The maximum atomic E-state index is 5.93. The van der Waals surface area contributed by atoms with Crippen molar-refractivity contribution in [3.8, 4) is 5.75 Å². The molecule has 0 saturated carbocycles. The Kier molecular flexibility index (Phi) is 6.00. The maximum Gasteiger partial charge on any atom is 0.126 e. The Labute approximate surface area is 113 Å². The van der Waals surface area contributed by atoms with Crippen molar-refractivity contribution in [1.82, 2.24) is 5.32 Å². The van der Waals surface area contributed by atoms with E-state index < -0.39 is 0 Å². The van der Waals surface area contributed by atoms with E-state index in [2.05, 4.69) is 54.2 Å². The Hall–Kier alpha value is -0.540. The molecular weight excluding hydrogens is 278 g/mol. The zero-order chi connectivity index (χ0) is 12.8. The van der Waals surface area contributed by atoms with E-state index in [1.54, 1.807) is 0 Å². The average molecular weight is 300 g/mol. The Morgan fingerprint density at radius 1 is 1.35 bits per heavy atom. The first-order chi connectivity index (χ1) is 8.04. The van der Waals surface area contributed by atoms with Crippen molar-refractivity contribution in [3.05, 3.63) is 27.7 Å². The van der Waals surface area contributed by atoms with Crippen molar-refractivity contribution < 1.29 is 4.74 Å². The molecule has 0 radical (unpaired) electrons. The highest BCUT2D eigenvalue weighted by Crippen LogP contribution is 2.28. The summed E-state index contributed by atoms with van der Waals surface area (Å²) in [6.45, 7) is 8.14. The first-order valence-electron chi connectivity index (χ1n) is 6.11. The van der Waals surface area contributed by atoms with Crippen LogP contribution in [0.15, 0.2) is 16.6 Å². The number of aryl methyl sites for hydroxylation is 1. The lowest BCUT2D eigenvalue weighted by Crippen LogP contribution is -2.10. The molecule has 0 aliphatic heterocycles. The van der Waals surface area contributed by atoms with Gasteiger partial charge in [-0.1, -0.05) is 29.8 Å². The van der Waals surface area contributed by atoms with E-state index in [0.29, 0.717) is 5.92 Å².